The zero-order chi connectivity index (χ0) is 25.4. The highest BCUT2D eigenvalue weighted by Gasteiger charge is 2.42. The van der Waals surface area contributed by atoms with Gasteiger partial charge in [0, 0.05) is 23.3 Å². The second kappa shape index (κ2) is 9.71. The van der Waals surface area contributed by atoms with Gasteiger partial charge in [0.05, 0.1) is 0 Å². The van der Waals surface area contributed by atoms with E-state index in [9.17, 15) is 0 Å². The van der Waals surface area contributed by atoms with E-state index in [4.69, 9.17) is 0 Å². The second-order valence-electron chi connectivity index (χ2n) is 11.4. The van der Waals surface area contributed by atoms with Crippen LogP contribution in [0.2, 0.25) is 0 Å². The summed E-state index contributed by atoms with van der Waals surface area (Å²) in [5.41, 5.74) is 11.0. The zero-order valence-electron chi connectivity index (χ0n) is 22.3. The number of nitrogens with zero attached hydrogens (tertiary/aromatic N) is 1. The Morgan fingerprint density at radius 2 is 1.46 bits per heavy atom. The van der Waals surface area contributed by atoms with Crippen molar-refractivity contribution in [2.24, 2.45) is 0 Å². The third-order valence-electron chi connectivity index (χ3n) is 8.81. The van der Waals surface area contributed by atoms with Crippen LogP contribution in [-0.2, 0) is 5.41 Å². The Labute approximate surface area is 222 Å². The minimum Gasteiger partial charge on any atom is -0.338 e. The molecule has 0 aromatic heterocycles. The van der Waals surface area contributed by atoms with Gasteiger partial charge in [0.15, 0.2) is 0 Å². The highest BCUT2D eigenvalue weighted by atomic mass is 15.2. The van der Waals surface area contributed by atoms with Crippen LogP contribution in [0.3, 0.4) is 0 Å². The highest BCUT2D eigenvalue weighted by Crippen LogP contribution is 2.53. The van der Waals surface area contributed by atoms with Gasteiger partial charge in [-0.25, -0.2) is 0 Å². The van der Waals surface area contributed by atoms with Gasteiger partial charge in [0.1, 0.15) is 0 Å². The molecular formula is C36H37N. The molecule has 0 N–H and O–H groups in total. The summed E-state index contributed by atoms with van der Waals surface area (Å²) in [5.74, 6) is 0.657. The predicted molar refractivity (Wildman–Crippen MR) is 159 cm³/mol. The summed E-state index contributed by atoms with van der Waals surface area (Å²) in [5, 5.41) is 0. The minimum absolute atomic E-state index is 0.222. The maximum Gasteiger partial charge on any atom is 0.0449 e. The molecule has 2 atom stereocenters. The van der Waals surface area contributed by atoms with Crippen LogP contribution in [0.25, 0.3) is 11.6 Å². The maximum absolute atomic E-state index is 2.64. The van der Waals surface area contributed by atoms with E-state index in [2.05, 4.69) is 135 Å². The Morgan fingerprint density at radius 1 is 0.811 bits per heavy atom. The quantitative estimate of drug-likeness (QED) is 0.247. The predicted octanol–water partition coefficient (Wildman–Crippen LogP) is 9.75. The van der Waals surface area contributed by atoms with Crippen molar-refractivity contribution in [1.29, 1.82) is 0 Å². The number of benzene rings is 4. The zero-order valence-corrected chi connectivity index (χ0v) is 22.3. The fourth-order valence-electron chi connectivity index (χ4n) is 6.28. The fraction of sp³-hybridized carbons (Fsp3) is 0.278. The smallest absolute Gasteiger partial charge is 0.0449 e. The van der Waals surface area contributed by atoms with Crippen LogP contribution >= 0.6 is 0 Å². The Hall–Kier alpha value is -3.58. The number of rotatable bonds is 6. The molecule has 2 aliphatic rings. The molecule has 1 aliphatic heterocycles. The van der Waals surface area contributed by atoms with Crippen molar-refractivity contribution >= 4 is 23.0 Å². The molecule has 6 rings (SSSR count). The first-order valence-electron chi connectivity index (χ1n) is 13.9. The molecule has 37 heavy (non-hydrogen) atoms. The van der Waals surface area contributed by atoms with Crippen LogP contribution in [0.1, 0.15) is 80.2 Å². The largest absolute Gasteiger partial charge is 0.338 e. The second-order valence-corrected chi connectivity index (χ2v) is 11.4. The van der Waals surface area contributed by atoms with E-state index >= 15 is 0 Å². The topological polar surface area (TPSA) is 3.24 Å². The maximum atomic E-state index is 2.64. The van der Waals surface area contributed by atoms with Gasteiger partial charge in [-0.3, -0.25) is 0 Å². The summed E-state index contributed by atoms with van der Waals surface area (Å²) in [6, 6.07) is 38.5. The molecule has 4 aromatic carbocycles. The molecule has 1 heterocycles. The van der Waals surface area contributed by atoms with Crippen LogP contribution < -0.4 is 4.90 Å². The molecule has 0 amide bonds. The minimum atomic E-state index is 0.222. The lowest BCUT2D eigenvalue weighted by Crippen LogP contribution is -2.26. The molecule has 1 saturated carbocycles. The van der Waals surface area contributed by atoms with E-state index in [-0.39, 0.29) is 5.41 Å². The SMILES string of the molecule is CCC(C)(C)c1ccc2c(c1)C1CCCC1N2c1ccc(C=C(c2ccccc2)c2ccccc2)cc1. The summed E-state index contributed by atoms with van der Waals surface area (Å²) in [7, 11) is 0. The van der Waals surface area contributed by atoms with Crippen molar-refractivity contribution in [2.75, 3.05) is 4.90 Å². The lowest BCUT2D eigenvalue weighted by atomic mass is 9.80. The molecule has 1 heteroatoms. The van der Waals surface area contributed by atoms with Gasteiger partial charge in [0.25, 0.3) is 0 Å². The highest BCUT2D eigenvalue weighted by molar-refractivity contribution is 5.91. The van der Waals surface area contributed by atoms with Gasteiger partial charge >= 0.3 is 0 Å². The van der Waals surface area contributed by atoms with Crippen molar-refractivity contribution in [3.63, 3.8) is 0 Å². The van der Waals surface area contributed by atoms with Crippen molar-refractivity contribution in [1.82, 2.24) is 0 Å². The summed E-state index contributed by atoms with van der Waals surface area (Å²) >= 11 is 0. The van der Waals surface area contributed by atoms with E-state index in [1.54, 1.807) is 5.56 Å². The summed E-state index contributed by atoms with van der Waals surface area (Å²) in [6.07, 6.45) is 7.39. The van der Waals surface area contributed by atoms with Gasteiger partial charge < -0.3 is 4.90 Å². The summed E-state index contributed by atoms with van der Waals surface area (Å²) < 4.78 is 0. The van der Waals surface area contributed by atoms with E-state index in [1.807, 2.05) is 0 Å². The monoisotopic (exact) mass is 483 g/mol. The van der Waals surface area contributed by atoms with Gasteiger partial charge in [-0.15, -0.1) is 0 Å². The third-order valence-corrected chi connectivity index (χ3v) is 8.81. The summed E-state index contributed by atoms with van der Waals surface area (Å²) in [4.78, 5) is 2.64. The normalized spacial score (nSPS) is 18.4. The first kappa shape index (κ1) is 23.8. The lowest BCUT2D eigenvalue weighted by molar-refractivity contribution is 0.505. The Morgan fingerprint density at radius 3 is 2.08 bits per heavy atom. The Balaban J connectivity index is 1.36. The average molecular weight is 484 g/mol. The van der Waals surface area contributed by atoms with Crippen LogP contribution in [0.5, 0.6) is 0 Å². The molecule has 0 bridgehead atoms. The Kier molecular flexibility index (Phi) is 6.24. The molecule has 1 nitrogen and oxygen atoms in total. The van der Waals surface area contributed by atoms with Gasteiger partial charge in [-0.1, -0.05) is 112 Å². The van der Waals surface area contributed by atoms with Crippen molar-refractivity contribution in [2.45, 2.75) is 63.8 Å². The number of hydrogen-bond acceptors (Lipinski definition) is 1. The van der Waals surface area contributed by atoms with Crippen molar-refractivity contribution in [3.8, 4) is 0 Å². The number of anilines is 2. The first-order chi connectivity index (χ1) is 18.0. The van der Waals surface area contributed by atoms with E-state index in [0.29, 0.717) is 12.0 Å². The van der Waals surface area contributed by atoms with Gasteiger partial charge in [0.2, 0.25) is 0 Å². The average Bonchev–Trinajstić information content (AvgIpc) is 3.54. The van der Waals surface area contributed by atoms with E-state index in [0.717, 1.165) is 6.42 Å². The summed E-state index contributed by atoms with van der Waals surface area (Å²) in [6.45, 7) is 7.05. The third kappa shape index (κ3) is 4.42. The molecule has 0 spiro atoms. The van der Waals surface area contributed by atoms with Crippen LogP contribution in [-0.4, -0.2) is 6.04 Å². The van der Waals surface area contributed by atoms with Crippen LogP contribution in [0.4, 0.5) is 11.4 Å². The molecule has 0 saturated heterocycles. The molecule has 2 unspecified atom stereocenters. The van der Waals surface area contributed by atoms with Crippen molar-refractivity contribution < 1.29 is 0 Å². The van der Waals surface area contributed by atoms with Crippen LogP contribution in [0, 0.1) is 0 Å². The van der Waals surface area contributed by atoms with Crippen molar-refractivity contribution in [3.05, 3.63) is 131 Å². The molecule has 0 radical (unpaired) electrons. The first-order valence-corrected chi connectivity index (χ1v) is 13.9. The van der Waals surface area contributed by atoms with E-state index in [1.165, 1.54) is 58.5 Å². The molecule has 186 valence electrons. The van der Waals surface area contributed by atoms with Gasteiger partial charge in [-0.2, -0.15) is 0 Å². The van der Waals surface area contributed by atoms with Crippen LogP contribution in [0.15, 0.2) is 103 Å². The number of hydrogen-bond donors (Lipinski definition) is 0. The molecule has 1 aliphatic carbocycles. The molecule has 4 aromatic rings. The Bertz CT molecular complexity index is 1360. The van der Waals surface area contributed by atoms with E-state index < -0.39 is 0 Å². The molecule has 1 fully saturated rings. The van der Waals surface area contributed by atoms with Gasteiger partial charge in [-0.05, 0) is 82.3 Å². The fourth-order valence-corrected chi connectivity index (χ4v) is 6.28. The lowest BCUT2D eigenvalue weighted by Gasteiger charge is -2.28. The number of fused-ring (bicyclic) bond motifs is 3. The molecular weight excluding hydrogens is 446 g/mol. The standard InChI is InChI=1S/C36H37N/c1-4-36(2,3)29-20-23-35-33(25-29)31-16-11-17-34(31)37(35)30-21-18-26(19-22-30)24-32(27-12-7-5-8-13-27)28-14-9-6-10-15-28/h5-10,12-15,18-25,31,34H,4,11,16-17H2,1-3H3.